The molecule has 1 saturated heterocycles. The topological polar surface area (TPSA) is 54.5 Å². The molecule has 1 amide bonds. The molecular weight excluding hydrogens is 190 g/mol. The Morgan fingerprint density at radius 2 is 2.31 bits per heavy atom. The quantitative estimate of drug-likeness (QED) is 0.446. The third kappa shape index (κ3) is 2.46. The van der Waals surface area contributed by atoms with Gasteiger partial charge in [0, 0.05) is 6.04 Å². The molecule has 0 aromatic carbocycles. The first-order chi connectivity index (χ1) is 6.09. The van der Waals surface area contributed by atoms with Crippen LogP contribution in [0.25, 0.3) is 0 Å². The third-order valence-electron chi connectivity index (χ3n) is 2.09. The molecule has 1 fully saturated rings. The van der Waals surface area contributed by atoms with E-state index >= 15 is 0 Å². The van der Waals surface area contributed by atoms with Gasteiger partial charge in [-0.3, -0.25) is 4.79 Å². The van der Waals surface area contributed by atoms with Crippen molar-refractivity contribution in [2.24, 2.45) is 0 Å². The van der Waals surface area contributed by atoms with E-state index in [1.807, 2.05) is 0 Å². The summed E-state index contributed by atoms with van der Waals surface area (Å²) in [4.78, 5) is 11.9. The predicted molar refractivity (Wildman–Crippen MR) is 48.7 cm³/mol. The van der Waals surface area contributed by atoms with E-state index in [4.69, 9.17) is 6.42 Å². The van der Waals surface area contributed by atoms with E-state index in [0.29, 0.717) is 12.8 Å². The molecule has 72 valence electrons. The Balaban J connectivity index is 2.64. The van der Waals surface area contributed by atoms with Crippen molar-refractivity contribution in [3.05, 3.63) is 0 Å². The van der Waals surface area contributed by atoms with Gasteiger partial charge in [0.2, 0.25) is 6.41 Å². The Labute approximate surface area is 77.8 Å². The lowest BCUT2D eigenvalue weighted by molar-refractivity contribution is -0.119. The summed E-state index contributed by atoms with van der Waals surface area (Å²) in [6, 6.07) is -0.224. The minimum atomic E-state index is -2.94. The van der Waals surface area contributed by atoms with Gasteiger partial charge in [-0.05, 0) is 6.42 Å². The van der Waals surface area contributed by atoms with Gasteiger partial charge in [-0.15, -0.1) is 6.42 Å². The molecule has 1 heterocycles. The van der Waals surface area contributed by atoms with Gasteiger partial charge in [0.25, 0.3) is 0 Å². The number of carbonyl (C=O) groups is 1. The highest BCUT2D eigenvalue weighted by Crippen LogP contribution is 2.15. The monoisotopic (exact) mass is 201 g/mol. The van der Waals surface area contributed by atoms with E-state index in [1.165, 1.54) is 4.90 Å². The summed E-state index contributed by atoms with van der Waals surface area (Å²) in [6.45, 7) is 0.184. The van der Waals surface area contributed by atoms with E-state index in [2.05, 4.69) is 5.92 Å². The average molecular weight is 201 g/mol. The highest BCUT2D eigenvalue weighted by Gasteiger charge is 2.31. The Morgan fingerprint density at radius 3 is 2.69 bits per heavy atom. The van der Waals surface area contributed by atoms with Crippen molar-refractivity contribution in [2.75, 3.05) is 18.1 Å². The first-order valence-corrected chi connectivity index (χ1v) is 5.76. The summed E-state index contributed by atoms with van der Waals surface area (Å²) in [6.07, 6.45) is 6.16. The van der Waals surface area contributed by atoms with Crippen molar-refractivity contribution in [1.82, 2.24) is 4.90 Å². The van der Waals surface area contributed by atoms with Crippen LogP contribution >= 0.6 is 0 Å². The molecule has 0 saturated carbocycles. The standard InChI is InChI=1S/C8H11NO3S/c1-2-4-9(7-10)8-3-5-13(11,12)6-8/h1,7-8H,3-6H2. The van der Waals surface area contributed by atoms with Crippen LogP contribution in [0.4, 0.5) is 0 Å². The summed E-state index contributed by atoms with van der Waals surface area (Å²) < 4.78 is 22.1. The van der Waals surface area contributed by atoms with Crippen LogP contribution in [0.15, 0.2) is 0 Å². The van der Waals surface area contributed by atoms with Gasteiger partial charge in [0.15, 0.2) is 9.84 Å². The zero-order chi connectivity index (χ0) is 9.90. The molecule has 1 aliphatic heterocycles. The molecule has 0 spiro atoms. The van der Waals surface area contributed by atoms with Crippen molar-refractivity contribution in [2.45, 2.75) is 12.5 Å². The second-order valence-electron chi connectivity index (χ2n) is 3.04. The normalized spacial score (nSPS) is 25.0. The van der Waals surface area contributed by atoms with Gasteiger partial charge >= 0.3 is 0 Å². The molecular formula is C8H11NO3S. The molecule has 1 unspecified atom stereocenters. The van der Waals surface area contributed by atoms with Crippen LogP contribution in [-0.4, -0.2) is 43.8 Å². The van der Waals surface area contributed by atoms with E-state index < -0.39 is 9.84 Å². The summed E-state index contributed by atoms with van der Waals surface area (Å²) in [5.74, 6) is 2.53. The highest BCUT2D eigenvalue weighted by molar-refractivity contribution is 7.91. The minimum absolute atomic E-state index is 0.0490. The van der Waals surface area contributed by atoms with Gasteiger partial charge in [0.1, 0.15) is 0 Å². The maximum absolute atomic E-state index is 11.1. The first-order valence-electron chi connectivity index (χ1n) is 3.94. The largest absolute Gasteiger partial charge is 0.330 e. The molecule has 0 radical (unpaired) electrons. The van der Waals surface area contributed by atoms with Crippen molar-refractivity contribution in [1.29, 1.82) is 0 Å². The van der Waals surface area contributed by atoms with Crippen molar-refractivity contribution in [3.63, 3.8) is 0 Å². The van der Waals surface area contributed by atoms with Crippen LogP contribution in [0.1, 0.15) is 6.42 Å². The Morgan fingerprint density at radius 1 is 1.62 bits per heavy atom. The molecule has 13 heavy (non-hydrogen) atoms. The maximum Gasteiger partial charge on any atom is 0.210 e. The van der Waals surface area contributed by atoms with E-state index in [0.717, 1.165) is 0 Å². The lowest BCUT2D eigenvalue weighted by Crippen LogP contribution is -2.35. The molecule has 1 aliphatic rings. The number of rotatable bonds is 3. The maximum atomic E-state index is 11.1. The smallest absolute Gasteiger partial charge is 0.210 e. The van der Waals surface area contributed by atoms with Crippen LogP contribution in [0, 0.1) is 12.3 Å². The zero-order valence-electron chi connectivity index (χ0n) is 7.14. The fraction of sp³-hybridized carbons (Fsp3) is 0.625. The number of nitrogens with zero attached hydrogens (tertiary/aromatic N) is 1. The summed E-state index contributed by atoms with van der Waals surface area (Å²) in [5.41, 5.74) is 0. The van der Waals surface area contributed by atoms with Gasteiger partial charge in [-0.25, -0.2) is 8.42 Å². The van der Waals surface area contributed by atoms with Crippen LogP contribution in [-0.2, 0) is 14.6 Å². The molecule has 1 atom stereocenters. The lowest BCUT2D eigenvalue weighted by atomic mass is 10.2. The molecule has 0 aliphatic carbocycles. The molecule has 4 nitrogen and oxygen atoms in total. The molecule has 0 N–H and O–H groups in total. The van der Waals surface area contributed by atoms with Crippen molar-refractivity contribution >= 4 is 16.2 Å². The van der Waals surface area contributed by atoms with Crippen LogP contribution in [0.5, 0.6) is 0 Å². The fourth-order valence-corrected chi connectivity index (χ4v) is 3.14. The second kappa shape index (κ2) is 3.79. The summed E-state index contributed by atoms with van der Waals surface area (Å²) in [5, 5.41) is 0. The van der Waals surface area contributed by atoms with Gasteiger partial charge < -0.3 is 4.90 Å². The van der Waals surface area contributed by atoms with Crippen LogP contribution < -0.4 is 0 Å². The fourth-order valence-electron chi connectivity index (χ4n) is 1.39. The molecule has 5 heteroatoms. The van der Waals surface area contributed by atoms with Gasteiger partial charge in [-0.1, -0.05) is 5.92 Å². The zero-order valence-corrected chi connectivity index (χ0v) is 7.96. The van der Waals surface area contributed by atoms with Crippen molar-refractivity contribution < 1.29 is 13.2 Å². The minimum Gasteiger partial charge on any atom is -0.330 e. The average Bonchev–Trinajstić information content (AvgIpc) is 2.42. The number of hydrogen-bond donors (Lipinski definition) is 0. The Hall–Kier alpha value is -1.02. The van der Waals surface area contributed by atoms with Gasteiger partial charge in [0.05, 0.1) is 18.1 Å². The van der Waals surface area contributed by atoms with Crippen molar-refractivity contribution in [3.8, 4) is 12.3 Å². The SMILES string of the molecule is C#CCN(C=O)C1CCS(=O)(=O)C1. The van der Waals surface area contributed by atoms with E-state index in [1.54, 1.807) is 0 Å². The van der Waals surface area contributed by atoms with Gasteiger partial charge in [-0.2, -0.15) is 0 Å². The number of amides is 1. The molecule has 0 aromatic rings. The van der Waals surface area contributed by atoms with Crippen LogP contribution in [0.3, 0.4) is 0 Å². The first kappa shape index (κ1) is 10.1. The Kier molecular flexibility index (Phi) is 2.94. The second-order valence-corrected chi connectivity index (χ2v) is 5.27. The number of terminal acetylenes is 1. The Bertz CT molecular complexity index is 328. The number of sulfone groups is 1. The van der Waals surface area contributed by atoms with E-state index in [-0.39, 0.29) is 24.1 Å². The predicted octanol–water partition coefficient (Wildman–Crippen LogP) is -0.735. The molecule has 0 aromatic heterocycles. The molecule has 1 rings (SSSR count). The highest BCUT2D eigenvalue weighted by atomic mass is 32.2. The summed E-state index contributed by atoms with van der Waals surface area (Å²) >= 11 is 0. The van der Waals surface area contributed by atoms with Crippen LogP contribution in [0.2, 0.25) is 0 Å². The summed E-state index contributed by atoms with van der Waals surface area (Å²) in [7, 11) is -2.94. The number of carbonyl (C=O) groups excluding carboxylic acids is 1. The lowest BCUT2D eigenvalue weighted by Gasteiger charge is -2.20. The number of hydrogen-bond acceptors (Lipinski definition) is 3. The molecule has 0 bridgehead atoms. The van der Waals surface area contributed by atoms with E-state index in [9.17, 15) is 13.2 Å². The third-order valence-corrected chi connectivity index (χ3v) is 3.84.